The van der Waals surface area contributed by atoms with Crippen molar-refractivity contribution in [3.8, 4) is 0 Å². The zero-order chi connectivity index (χ0) is 8.71. The third-order valence-corrected chi connectivity index (χ3v) is 0. The van der Waals surface area contributed by atoms with Gasteiger partial charge in [0.1, 0.15) is 8.14 Å². The van der Waals surface area contributed by atoms with Crippen LogP contribution in [0.15, 0.2) is 0 Å². The summed E-state index contributed by atoms with van der Waals surface area (Å²) in [5, 5.41) is 0. The van der Waals surface area contributed by atoms with Crippen LogP contribution in [0.5, 0.6) is 0 Å². The maximum atomic E-state index is 8.47. The van der Waals surface area contributed by atoms with Gasteiger partial charge >= 0.3 is 0 Å². The van der Waals surface area contributed by atoms with E-state index in [-0.39, 0.29) is 14.2 Å². The van der Waals surface area contributed by atoms with Crippen LogP contribution in [0.25, 0.3) is 0 Å². The summed E-state index contributed by atoms with van der Waals surface area (Å²) in [6.45, 7) is 12.0. The summed E-state index contributed by atoms with van der Waals surface area (Å²) in [5.74, 6) is 0. The van der Waals surface area contributed by atoms with E-state index in [1.807, 2.05) is 41.5 Å². The standard InChI is InChI=1S/3C2H6.CH2O.CH4/c4*1-2;/h3*1-2H3;1H2;1H4/i;;;1T;. The van der Waals surface area contributed by atoms with Crippen molar-refractivity contribution in [2.24, 2.45) is 0 Å². The number of carbonyl (C=O) groups excluding carboxylic acids is 1. The van der Waals surface area contributed by atoms with E-state index < -0.39 is 0 Å². The van der Waals surface area contributed by atoms with Gasteiger partial charge in [0.15, 0.2) is 0 Å². The first-order valence-electron chi connectivity index (χ1n) is 3.81. The largest absolute Gasteiger partial charge is 0.307 e. The molecule has 1 heteroatoms. The van der Waals surface area contributed by atoms with Gasteiger partial charge in [-0.1, -0.05) is 49.0 Å². The second-order valence-corrected chi connectivity index (χ2v) is 0. The van der Waals surface area contributed by atoms with Crippen LogP contribution in [0.4, 0.5) is 0 Å². The first kappa shape index (κ1) is 23.4. The molecule has 0 bridgehead atoms. The molecule has 62 valence electrons. The Balaban J connectivity index is -0.0000000110. The number of hydrogen-bond acceptors (Lipinski definition) is 1. The predicted octanol–water partition coefficient (Wildman–Crippen LogP) is 3.53. The summed E-state index contributed by atoms with van der Waals surface area (Å²) >= 11 is 0. The van der Waals surface area contributed by atoms with Gasteiger partial charge in [-0.05, 0) is 0 Å². The number of carbonyl (C=O) groups is 1. The van der Waals surface area contributed by atoms with Crippen LogP contribution in [0.1, 0.15) is 50.3 Å². The summed E-state index contributed by atoms with van der Waals surface area (Å²) in [6, 6.07) is 0. The molecule has 0 aromatic rings. The van der Waals surface area contributed by atoms with E-state index in [2.05, 4.69) is 0 Å². The van der Waals surface area contributed by atoms with Crippen molar-refractivity contribution in [1.29, 1.82) is 0 Å². The first-order chi connectivity index (χ1) is 4.41. The molecule has 0 saturated carbocycles. The van der Waals surface area contributed by atoms with E-state index in [9.17, 15) is 0 Å². The molecule has 0 aliphatic rings. The smallest absolute Gasteiger partial charge is 0.106 e. The Labute approximate surface area is 62.9 Å². The highest BCUT2D eigenvalue weighted by molar-refractivity contribution is 5.10. The molecule has 0 aromatic heterocycles. The van der Waals surface area contributed by atoms with Crippen molar-refractivity contribution >= 4 is 6.77 Å². The van der Waals surface area contributed by atoms with E-state index in [0.29, 0.717) is 0 Å². The monoisotopic (exact) mass is 138 g/mol. The third kappa shape index (κ3) is 2260. The van der Waals surface area contributed by atoms with Gasteiger partial charge in [-0.15, -0.1) is 0 Å². The Morgan fingerprint density at radius 3 is 1.00 bits per heavy atom. The topological polar surface area (TPSA) is 17.1 Å². The Morgan fingerprint density at radius 2 is 1.00 bits per heavy atom. The number of hydrogen-bond donors (Lipinski definition) is 0. The van der Waals surface area contributed by atoms with E-state index in [0.717, 1.165) is 0 Å². The van der Waals surface area contributed by atoms with Crippen molar-refractivity contribution in [3.63, 3.8) is 0 Å². The quantitative estimate of drug-likeness (QED) is 0.500. The minimum Gasteiger partial charge on any atom is -0.307 e. The lowest BCUT2D eigenvalue weighted by Gasteiger charge is -1.07. The van der Waals surface area contributed by atoms with Crippen molar-refractivity contribution < 1.29 is 6.17 Å². The van der Waals surface area contributed by atoms with Crippen molar-refractivity contribution in [2.45, 2.75) is 49.0 Å². The molecule has 0 fully saturated rings. The van der Waals surface area contributed by atoms with Gasteiger partial charge in [0.25, 0.3) is 0 Å². The van der Waals surface area contributed by atoms with Crippen LogP contribution in [0.3, 0.4) is 0 Å². The highest BCUT2D eigenvalue weighted by Crippen LogP contribution is 1.15. The van der Waals surface area contributed by atoms with Crippen LogP contribution in [0.2, 0.25) is 0 Å². The molecule has 0 radical (unpaired) electrons. The summed E-state index contributed by atoms with van der Waals surface area (Å²) in [4.78, 5) is 8.47. The molecule has 1 nitrogen and oxygen atoms in total. The Kier molecular flexibility index (Phi) is 8140. The Bertz CT molecular complexity index is 16.7. The second kappa shape index (κ2) is 3130. The third-order valence-electron chi connectivity index (χ3n) is 0. The van der Waals surface area contributed by atoms with E-state index in [1.54, 1.807) is 0 Å². The van der Waals surface area contributed by atoms with Crippen molar-refractivity contribution in [3.05, 3.63) is 0 Å². The lowest BCUT2D eigenvalue weighted by atomic mass is 11.0. The highest BCUT2D eigenvalue weighted by atomic mass is 16.1. The molecule has 0 N–H and O–H groups in total. The molecule has 0 aromatic carbocycles. The normalized spacial score (nSPS) is 3.56. The Hall–Kier alpha value is -0.330. The molecule has 0 unspecified atom stereocenters. The lowest BCUT2D eigenvalue weighted by molar-refractivity contribution is -0.0979. The average molecular weight is 138 g/mol. The van der Waals surface area contributed by atoms with E-state index in [1.165, 1.54) is 0 Å². The maximum Gasteiger partial charge on any atom is 0.106 e. The average Bonchev–Trinajstić information content (AvgIpc) is 2.01. The van der Waals surface area contributed by atoms with E-state index >= 15 is 0 Å². The zero-order valence-corrected chi connectivity index (χ0v) is 6.99. The molecule has 0 amide bonds. The molecule has 0 heterocycles. The molecule has 0 saturated heterocycles. The Morgan fingerprint density at radius 1 is 1.00 bits per heavy atom. The summed E-state index contributed by atoms with van der Waals surface area (Å²) in [7, 11) is 0. The molecule has 0 spiro atoms. The molecular formula is C8H24O. The van der Waals surface area contributed by atoms with Gasteiger partial charge < -0.3 is 4.79 Å². The minimum absolute atomic E-state index is 0. The maximum absolute atomic E-state index is 8.47. The molecule has 0 rings (SSSR count). The molecule has 0 aliphatic heterocycles. The number of rotatable bonds is 0. The second-order valence-electron chi connectivity index (χ2n) is 0. The summed E-state index contributed by atoms with van der Waals surface area (Å²) < 4.78 is 5.53. The van der Waals surface area contributed by atoms with Crippen molar-refractivity contribution in [2.75, 3.05) is 0 Å². The van der Waals surface area contributed by atoms with Gasteiger partial charge in [0.2, 0.25) is 0 Å². The summed E-state index contributed by atoms with van der Waals surface area (Å²) in [5.41, 5.74) is 0. The molecule has 9 heavy (non-hydrogen) atoms. The molecule has 0 aliphatic carbocycles. The highest BCUT2D eigenvalue weighted by Gasteiger charge is 0.936. The summed E-state index contributed by atoms with van der Waals surface area (Å²) in [6.07, 6.45) is 0. The van der Waals surface area contributed by atoms with Crippen LogP contribution in [0, 0.1) is 0 Å². The van der Waals surface area contributed by atoms with Crippen LogP contribution >= 0.6 is 0 Å². The fraction of sp³-hybridized carbons (Fsp3) is 0.875. The SMILES string of the molecule is C.CC.CC.CC.[3H]C=O. The minimum atomic E-state index is 0. The van der Waals surface area contributed by atoms with Gasteiger partial charge in [0, 0.05) is 0 Å². The molecular weight excluding hydrogens is 112 g/mol. The lowest BCUT2D eigenvalue weighted by Crippen LogP contribution is -0.925. The molecule has 0 atom stereocenters. The zero-order valence-electron chi connectivity index (χ0n) is 7.99. The van der Waals surface area contributed by atoms with E-state index in [4.69, 9.17) is 6.17 Å². The predicted molar refractivity (Wildman–Crippen MR) is 47.9 cm³/mol. The van der Waals surface area contributed by atoms with Crippen LogP contribution in [-0.4, -0.2) is 6.77 Å². The van der Waals surface area contributed by atoms with Gasteiger partial charge in [-0.25, -0.2) is 0 Å². The van der Waals surface area contributed by atoms with Gasteiger partial charge in [-0.2, -0.15) is 0 Å². The fourth-order valence-electron chi connectivity index (χ4n) is 0. The van der Waals surface area contributed by atoms with Crippen molar-refractivity contribution in [1.82, 2.24) is 0 Å². The van der Waals surface area contributed by atoms with Gasteiger partial charge in [-0.3, -0.25) is 0 Å². The van der Waals surface area contributed by atoms with Crippen LogP contribution in [-0.2, 0) is 4.79 Å². The van der Waals surface area contributed by atoms with Gasteiger partial charge in [0.05, 0.1) is 0 Å². The fourth-order valence-corrected chi connectivity index (χ4v) is 0. The van der Waals surface area contributed by atoms with Crippen LogP contribution < -0.4 is 0 Å². The first-order valence-corrected chi connectivity index (χ1v) is 3.24.